The molecule has 1 aliphatic rings. The fraction of sp³-hybridized carbons (Fsp3) is 0.105. The lowest BCUT2D eigenvalue weighted by Gasteiger charge is -2.22. The van der Waals surface area contributed by atoms with Gasteiger partial charge in [0.05, 0.1) is 0 Å². The maximum atomic E-state index is 11.6. The van der Waals surface area contributed by atoms with E-state index >= 15 is 0 Å². The molecule has 2 aromatic rings. The van der Waals surface area contributed by atoms with Crippen molar-refractivity contribution in [3.8, 4) is 0 Å². The Balaban J connectivity index is 1.97. The summed E-state index contributed by atoms with van der Waals surface area (Å²) in [7, 11) is 0. The van der Waals surface area contributed by atoms with Crippen molar-refractivity contribution in [2.45, 2.75) is 11.8 Å². The Kier molecular flexibility index (Phi) is 3.69. The molecule has 0 saturated heterocycles. The lowest BCUT2D eigenvalue weighted by Crippen LogP contribution is -2.14. The molecule has 2 aromatic carbocycles. The predicted octanol–water partition coefficient (Wildman–Crippen LogP) is 4.13. The molecule has 0 heterocycles. The van der Waals surface area contributed by atoms with Crippen LogP contribution in [0.4, 0.5) is 0 Å². The highest BCUT2D eigenvalue weighted by Crippen LogP contribution is 2.35. The number of aliphatic carboxylic acids is 1. The lowest BCUT2D eigenvalue weighted by molar-refractivity contribution is -0.132. The van der Waals surface area contributed by atoms with Gasteiger partial charge in [-0.15, -0.1) is 0 Å². The van der Waals surface area contributed by atoms with Gasteiger partial charge in [0.2, 0.25) is 0 Å². The molecule has 0 unspecified atom stereocenters. The summed E-state index contributed by atoms with van der Waals surface area (Å²) in [4.78, 5) is 11.6. The molecule has 3 rings (SSSR count). The molecule has 2 nitrogen and oxygen atoms in total. The minimum atomic E-state index is -0.853. The highest BCUT2D eigenvalue weighted by molar-refractivity contribution is 5.89. The SMILES string of the molecule is O=C(O)C1=C[C@@H](c2ccccc2)C=C[C@H]1c1ccccc1. The molecule has 2 atom stereocenters. The van der Waals surface area contributed by atoms with E-state index in [4.69, 9.17) is 0 Å². The van der Waals surface area contributed by atoms with Gasteiger partial charge < -0.3 is 5.11 Å². The van der Waals surface area contributed by atoms with Gasteiger partial charge in [0.25, 0.3) is 0 Å². The van der Waals surface area contributed by atoms with Crippen LogP contribution in [0.1, 0.15) is 23.0 Å². The third-order valence-corrected chi connectivity index (χ3v) is 3.80. The van der Waals surface area contributed by atoms with Crippen LogP contribution < -0.4 is 0 Å². The number of rotatable bonds is 3. The first-order valence-corrected chi connectivity index (χ1v) is 6.99. The zero-order chi connectivity index (χ0) is 14.7. The van der Waals surface area contributed by atoms with E-state index in [1.54, 1.807) is 0 Å². The number of benzene rings is 2. The summed E-state index contributed by atoms with van der Waals surface area (Å²) in [5, 5.41) is 9.53. The Morgan fingerprint density at radius 3 is 1.95 bits per heavy atom. The molecular formula is C19H16O2. The average molecular weight is 276 g/mol. The van der Waals surface area contributed by atoms with E-state index in [9.17, 15) is 9.90 Å². The topological polar surface area (TPSA) is 37.3 Å². The second-order valence-corrected chi connectivity index (χ2v) is 5.14. The van der Waals surface area contributed by atoms with Crippen LogP contribution in [0.3, 0.4) is 0 Å². The fourth-order valence-corrected chi connectivity index (χ4v) is 2.73. The zero-order valence-electron chi connectivity index (χ0n) is 11.5. The van der Waals surface area contributed by atoms with E-state index in [0.717, 1.165) is 11.1 Å². The summed E-state index contributed by atoms with van der Waals surface area (Å²) in [6.07, 6.45) is 5.94. The second kappa shape index (κ2) is 5.80. The average Bonchev–Trinajstić information content (AvgIpc) is 2.56. The van der Waals surface area contributed by atoms with Crippen molar-refractivity contribution in [3.05, 3.63) is 95.6 Å². The Morgan fingerprint density at radius 1 is 0.810 bits per heavy atom. The Morgan fingerprint density at radius 2 is 1.38 bits per heavy atom. The van der Waals surface area contributed by atoms with Crippen LogP contribution in [-0.2, 0) is 4.79 Å². The van der Waals surface area contributed by atoms with Crippen LogP contribution in [0.25, 0.3) is 0 Å². The van der Waals surface area contributed by atoms with Gasteiger partial charge in [-0.3, -0.25) is 0 Å². The molecular weight excluding hydrogens is 260 g/mol. The first-order valence-electron chi connectivity index (χ1n) is 6.99. The standard InChI is InChI=1S/C19H16O2/c20-19(21)18-13-16(14-7-3-1-4-8-14)11-12-17(18)15-9-5-2-6-10-15/h1-13,16-17H,(H,20,21)/t16-,17-/m0/s1. The van der Waals surface area contributed by atoms with E-state index in [0.29, 0.717) is 5.57 Å². The van der Waals surface area contributed by atoms with E-state index in [2.05, 4.69) is 6.08 Å². The summed E-state index contributed by atoms with van der Waals surface area (Å²) in [5.41, 5.74) is 2.56. The largest absolute Gasteiger partial charge is 0.478 e. The molecule has 0 aromatic heterocycles. The van der Waals surface area contributed by atoms with Crippen molar-refractivity contribution in [3.63, 3.8) is 0 Å². The molecule has 0 aliphatic heterocycles. The fourth-order valence-electron chi connectivity index (χ4n) is 2.73. The highest BCUT2D eigenvalue weighted by Gasteiger charge is 2.25. The highest BCUT2D eigenvalue weighted by atomic mass is 16.4. The van der Waals surface area contributed by atoms with Crippen molar-refractivity contribution < 1.29 is 9.90 Å². The first kappa shape index (κ1) is 13.4. The quantitative estimate of drug-likeness (QED) is 0.856. The van der Waals surface area contributed by atoms with Crippen molar-refractivity contribution in [2.75, 3.05) is 0 Å². The molecule has 0 bridgehead atoms. The number of carboxylic acids is 1. The minimum Gasteiger partial charge on any atom is -0.478 e. The summed E-state index contributed by atoms with van der Waals surface area (Å²) in [6, 6.07) is 19.7. The van der Waals surface area contributed by atoms with Crippen LogP contribution in [0.15, 0.2) is 84.5 Å². The molecule has 21 heavy (non-hydrogen) atoms. The Labute approximate surface area is 124 Å². The zero-order valence-corrected chi connectivity index (χ0v) is 11.5. The summed E-state index contributed by atoms with van der Waals surface area (Å²) >= 11 is 0. The number of hydrogen-bond acceptors (Lipinski definition) is 1. The molecule has 1 N–H and O–H groups in total. The van der Waals surface area contributed by atoms with Gasteiger partial charge in [0, 0.05) is 17.4 Å². The van der Waals surface area contributed by atoms with Gasteiger partial charge in [-0.1, -0.05) is 78.9 Å². The van der Waals surface area contributed by atoms with E-state index in [1.165, 1.54) is 0 Å². The molecule has 0 amide bonds. The van der Waals surface area contributed by atoms with Gasteiger partial charge in [-0.05, 0) is 11.1 Å². The molecule has 0 spiro atoms. The van der Waals surface area contributed by atoms with Crippen molar-refractivity contribution in [2.24, 2.45) is 0 Å². The van der Waals surface area contributed by atoms with Crippen LogP contribution in [0.5, 0.6) is 0 Å². The Bertz CT molecular complexity index is 684. The smallest absolute Gasteiger partial charge is 0.332 e. The van der Waals surface area contributed by atoms with Crippen LogP contribution in [0.2, 0.25) is 0 Å². The normalized spacial score (nSPS) is 20.9. The number of carbonyl (C=O) groups is 1. The van der Waals surface area contributed by atoms with Crippen LogP contribution in [-0.4, -0.2) is 11.1 Å². The maximum Gasteiger partial charge on any atom is 0.332 e. The molecule has 0 radical (unpaired) electrons. The van der Waals surface area contributed by atoms with Crippen LogP contribution >= 0.6 is 0 Å². The van der Waals surface area contributed by atoms with Gasteiger partial charge >= 0.3 is 5.97 Å². The van der Waals surface area contributed by atoms with Crippen molar-refractivity contribution in [1.29, 1.82) is 0 Å². The molecule has 104 valence electrons. The van der Waals surface area contributed by atoms with E-state index < -0.39 is 5.97 Å². The predicted molar refractivity (Wildman–Crippen MR) is 83.2 cm³/mol. The summed E-state index contributed by atoms with van der Waals surface area (Å²) < 4.78 is 0. The number of hydrogen-bond donors (Lipinski definition) is 1. The number of allylic oxidation sites excluding steroid dienone is 3. The third kappa shape index (κ3) is 2.79. The van der Waals surface area contributed by atoms with E-state index in [-0.39, 0.29) is 11.8 Å². The molecule has 2 heteroatoms. The maximum absolute atomic E-state index is 11.6. The van der Waals surface area contributed by atoms with Gasteiger partial charge in [-0.25, -0.2) is 4.79 Å². The van der Waals surface area contributed by atoms with Crippen molar-refractivity contribution in [1.82, 2.24) is 0 Å². The summed E-state index contributed by atoms with van der Waals surface area (Å²) in [6.45, 7) is 0. The minimum absolute atomic E-state index is 0.0252. The molecule has 0 saturated carbocycles. The molecule has 0 fully saturated rings. The second-order valence-electron chi connectivity index (χ2n) is 5.14. The molecule has 1 aliphatic carbocycles. The first-order chi connectivity index (χ1) is 10.3. The van der Waals surface area contributed by atoms with Crippen molar-refractivity contribution >= 4 is 5.97 Å². The lowest BCUT2D eigenvalue weighted by atomic mass is 9.82. The van der Waals surface area contributed by atoms with Gasteiger partial charge in [0.15, 0.2) is 0 Å². The Hall–Kier alpha value is -2.61. The third-order valence-electron chi connectivity index (χ3n) is 3.80. The van der Waals surface area contributed by atoms with Crippen LogP contribution in [0, 0.1) is 0 Å². The monoisotopic (exact) mass is 276 g/mol. The number of carboxylic acid groups (broad SMARTS) is 1. The van der Waals surface area contributed by atoms with E-state index in [1.807, 2.05) is 72.8 Å². The van der Waals surface area contributed by atoms with Gasteiger partial charge in [-0.2, -0.15) is 0 Å². The van der Waals surface area contributed by atoms with Gasteiger partial charge in [0.1, 0.15) is 0 Å². The summed E-state index contributed by atoms with van der Waals surface area (Å²) in [5.74, 6) is -1.00.